The van der Waals surface area contributed by atoms with Crippen molar-refractivity contribution in [3.05, 3.63) is 0 Å². The van der Waals surface area contributed by atoms with Gasteiger partial charge in [0, 0.05) is 6.42 Å². The summed E-state index contributed by atoms with van der Waals surface area (Å²) >= 11 is 0. The molecule has 0 aromatic carbocycles. The molecule has 2 heterocycles. The van der Waals surface area contributed by atoms with E-state index in [1.807, 2.05) is 0 Å². The van der Waals surface area contributed by atoms with Gasteiger partial charge in [-0.05, 0) is 26.2 Å². The van der Waals surface area contributed by atoms with Crippen LogP contribution in [0.5, 0.6) is 0 Å². The summed E-state index contributed by atoms with van der Waals surface area (Å²) in [5.74, 6) is 0. The minimum Gasteiger partial charge on any atom is -0.375 e. The van der Waals surface area contributed by atoms with E-state index in [1.165, 1.54) is 19.3 Å². The summed E-state index contributed by atoms with van der Waals surface area (Å²) in [6.45, 7) is 3.13. The van der Waals surface area contributed by atoms with Crippen molar-refractivity contribution in [2.24, 2.45) is 0 Å². The second-order valence-corrected chi connectivity index (χ2v) is 3.69. The van der Waals surface area contributed by atoms with E-state index in [9.17, 15) is 0 Å². The highest BCUT2D eigenvalue weighted by atomic mass is 16.6. The first-order valence-corrected chi connectivity index (χ1v) is 4.61. The molecule has 2 aliphatic heterocycles. The van der Waals surface area contributed by atoms with Gasteiger partial charge in [-0.25, -0.2) is 0 Å². The van der Waals surface area contributed by atoms with Crippen LogP contribution in [-0.2, 0) is 9.47 Å². The van der Waals surface area contributed by atoms with Crippen molar-refractivity contribution in [2.75, 3.05) is 6.61 Å². The summed E-state index contributed by atoms with van der Waals surface area (Å²) in [7, 11) is 0. The highest BCUT2D eigenvalue weighted by molar-refractivity contribution is 4.77. The van der Waals surface area contributed by atoms with Gasteiger partial charge in [0.2, 0.25) is 0 Å². The first kappa shape index (κ1) is 7.56. The maximum Gasteiger partial charge on any atom is 0.0834 e. The molecule has 0 aromatic rings. The number of epoxide rings is 1. The molecule has 2 heteroatoms. The second kappa shape index (κ2) is 3.11. The molecule has 2 saturated heterocycles. The highest BCUT2D eigenvalue weighted by Crippen LogP contribution is 2.26. The Morgan fingerprint density at radius 2 is 2.09 bits per heavy atom. The topological polar surface area (TPSA) is 21.8 Å². The number of hydrogen-bond donors (Lipinski definition) is 0. The standard InChI is InChI=1S/C9H16O2/c1-7-3-2-4-8(11-7)5-9-6-10-9/h7-9H,2-6H2,1H3/t7-,8+,9-/m0/s1. The summed E-state index contributed by atoms with van der Waals surface area (Å²) in [4.78, 5) is 0. The van der Waals surface area contributed by atoms with Crippen molar-refractivity contribution < 1.29 is 9.47 Å². The third kappa shape index (κ3) is 2.17. The molecule has 2 rings (SSSR count). The van der Waals surface area contributed by atoms with E-state index in [2.05, 4.69) is 6.92 Å². The average Bonchev–Trinajstić information content (AvgIpc) is 2.71. The van der Waals surface area contributed by atoms with Crippen molar-refractivity contribution in [2.45, 2.75) is 50.9 Å². The van der Waals surface area contributed by atoms with Crippen molar-refractivity contribution in [1.82, 2.24) is 0 Å². The molecule has 2 fully saturated rings. The minimum absolute atomic E-state index is 0.479. The minimum atomic E-state index is 0.479. The third-order valence-electron chi connectivity index (χ3n) is 2.49. The molecule has 0 spiro atoms. The van der Waals surface area contributed by atoms with Gasteiger partial charge in [0.15, 0.2) is 0 Å². The first-order chi connectivity index (χ1) is 5.34. The Balaban J connectivity index is 1.73. The SMILES string of the molecule is C[C@H]1CCC[C@H](C[C@H]2CO2)O1. The Morgan fingerprint density at radius 1 is 1.27 bits per heavy atom. The van der Waals surface area contributed by atoms with Crippen molar-refractivity contribution >= 4 is 0 Å². The number of rotatable bonds is 2. The molecule has 0 radical (unpaired) electrons. The lowest BCUT2D eigenvalue weighted by Gasteiger charge is -2.27. The molecule has 0 aromatic heterocycles. The predicted octanol–water partition coefficient (Wildman–Crippen LogP) is 1.73. The molecule has 0 aliphatic carbocycles. The normalized spacial score (nSPS) is 43.9. The lowest BCUT2D eigenvalue weighted by atomic mass is 10.0. The van der Waals surface area contributed by atoms with Gasteiger partial charge >= 0.3 is 0 Å². The summed E-state index contributed by atoms with van der Waals surface area (Å²) in [6.07, 6.45) is 6.44. The van der Waals surface area contributed by atoms with E-state index in [0.717, 1.165) is 13.0 Å². The van der Waals surface area contributed by atoms with E-state index in [4.69, 9.17) is 9.47 Å². The zero-order valence-corrected chi connectivity index (χ0v) is 7.08. The van der Waals surface area contributed by atoms with Gasteiger partial charge in [-0.2, -0.15) is 0 Å². The van der Waals surface area contributed by atoms with Crippen LogP contribution < -0.4 is 0 Å². The third-order valence-corrected chi connectivity index (χ3v) is 2.49. The van der Waals surface area contributed by atoms with Crippen LogP contribution in [0, 0.1) is 0 Å². The predicted molar refractivity (Wildman–Crippen MR) is 42.5 cm³/mol. The van der Waals surface area contributed by atoms with Crippen LogP contribution in [-0.4, -0.2) is 24.9 Å². The smallest absolute Gasteiger partial charge is 0.0834 e. The molecule has 2 aliphatic rings. The van der Waals surface area contributed by atoms with E-state index < -0.39 is 0 Å². The van der Waals surface area contributed by atoms with Crippen LogP contribution in [0.2, 0.25) is 0 Å². The van der Waals surface area contributed by atoms with Crippen molar-refractivity contribution in [1.29, 1.82) is 0 Å². The zero-order chi connectivity index (χ0) is 7.68. The summed E-state index contributed by atoms with van der Waals surface area (Å²) in [6, 6.07) is 0. The van der Waals surface area contributed by atoms with Crippen LogP contribution in [0.15, 0.2) is 0 Å². The van der Waals surface area contributed by atoms with E-state index in [1.54, 1.807) is 0 Å². The molecule has 0 saturated carbocycles. The average molecular weight is 156 g/mol. The molecule has 0 amide bonds. The molecule has 11 heavy (non-hydrogen) atoms. The van der Waals surface area contributed by atoms with Gasteiger partial charge in [0.25, 0.3) is 0 Å². The summed E-state index contributed by atoms with van der Waals surface area (Å²) in [5.41, 5.74) is 0. The maximum absolute atomic E-state index is 5.76. The quantitative estimate of drug-likeness (QED) is 0.568. The van der Waals surface area contributed by atoms with E-state index in [0.29, 0.717) is 18.3 Å². The lowest BCUT2D eigenvalue weighted by molar-refractivity contribution is -0.0458. The van der Waals surface area contributed by atoms with Crippen LogP contribution in [0.3, 0.4) is 0 Å². The van der Waals surface area contributed by atoms with Gasteiger partial charge in [0.1, 0.15) is 0 Å². The van der Waals surface area contributed by atoms with Gasteiger partial charge in [-0.15, -0.1) is 0 Å². The Hall–Kier alpha value is -0.0800. The summed E-state index contributed by atoms with van der Waals surface area (Å²) in [5, 5.41) is 0. The lowest BCUT2D eigenvalue weighted by Crippen LogP contribution is -2.26. The Morgan fingerprint density at radius 3 is 2.73 bits per heavy atom. The number of hydrogen-bond acceptors (Lipinski definition) is 2. The fourth-order valence-corrected chi connectivity index (χ4v) is 1.77. The maximum atomic E-state index is 5.76. The first-order valence-electron chi connectivity index (χ1n) is 4.61. The molecule has 0 bridgehead atoms. The van der Waals surface area contributed by atoms with Crippen molar-refractivity contribution in [3.63, 3.8) is 0 Å². The monoisotopic (exact) mass is 156 g/mol. The summed E-state index contributed by atoms with van der Waals surface area (Å²) < 4.78 is 10.9. The molecule has 64 valence electrons. The van der Waals surface area contributed by atoms with Crippen LogP contribution in [0.1, 0.15) is 32.6 Å². The highest BCUT2D eigenvalue weighted by Gasteiger charge is 2.29. The molecule has 0 unspecified atom stereocenters. The van der Waals surface area contributed by atoms with Gasteiger partial charge in [0.05, 0.1) is 24.9 Å². The molecular formula is C9H16O2. The largest absolute Gasteiger partial charge is 0.375 e. The Bertz CT molecular complexity index is 130. The van der Waals surface area contributed by atoms with Crippen LogP contribution in [0.4, 0.5) is 0 Å². The molecule has 3 atom stereocenters. The Kier molecular flexibility index (Phi) is 2.14. The molecular weight excluding hydrogens is 140 g/mol. The second-order valence-electron chi connectivity index (χ2n) is 3.69. The van der Waals surface area contributed by atoms with Crippen LogP contribution in [0.25, 0.3) is 0 Å². The van der Waals surface area contributed by atoms with E-state index in [-0.39, 0.29) is 0 Å². The zero-order valence-electron chi connectivity index (χ0n) is 7.08. The van der Waals surface area contributed by atoms with E-state index >= 15 is 0 Å². The van der Waals surface area contributed by atoms with Crippen molar-refractivity contribution in [3.8, 4) is 0 Å². The molecule has 2 nitrogen and oxygen atoms in total. The van der Waals surface area contributed by atoms with Gasteiger partial charge in [-0.1, -0.05) is 0 Å². The Labute approximate surface area is 67.9 Å². The fourth-order valence-electron chi connectivity index (χ4n) is 1.77. The van der Waals surface area contributed by atoms with Gasteiger partial charge < -0.3 is 9.47 Å². The van der Waals surface area contributed by atoms with Gasteiger partial charge in [-0.3, -0.25) is 0 Å². The fraction of sp³-hybridized carbons (Fsp3) is 1.00. The number of ether oxygens (including phenoxy) is 2. The molecule has 0 N–H and O–H groups in total. The van der Waals surface area contributed by atoms with Crippen LogP contribution >= 0.6 is 0 Å².